The smallest absolute Gasteiger partial charge is 0.203 e. The minimum atomic E-state index is 0.338. The Morgan fingerprint density at radius 1 is 1.12 bits per heavy atom. The molecule has 0 spiro atoms. The molecule has 0 saturated heterocycles. The highest BCUT2D eigenvalue weighted by Crippen LogP contribution is 2.19. The van der Waals surface area contributed by atoms with Crippen LogP contribution < -0.4 is 10.4 Å². The highest BCUT2D eigenvalue weighted by atomic mass is 15.1. The van der Waals surface area contributed by atoms with E-state index in [0.29, 0.717) is 6.71 Å². The van der Waals surface area contributed by atoms with Crippen LogP contribution in [-0.4, -0.2) is 13.8 Å². The molecule has 1 aromatic carbocycles. The first kappa shape index (κ1) is 20.8. The highest BCUT2D eigenvalue weighted by molar-refractivity contribution is 6.79. The lowest BCUT2D eigenvalue weighted by Crippen LogP contribution is -2.34. The Hall–Kier alpha value is -2.22. The van der Waals surface area contributed by atoms with E-state index in [1.165, 1.54) is 27.8 Å². The molecule has 132 valence electrons. The summed E-state index contributed by atoms with van der Waals surface area (Å²) in [6, 6.07) is 6.64. The minimum absolute atomic E-state index is 0.338. The van der Waals surface area contributed by atoms with E-state index in [9.17, 15) is 0 Å². The molecule has 1 aromatic rings. The summed E-state index contributed by atoms with van der Waals surface area (Å²) in [6.45, 7) is 21.3. The van der Waals surface area contributed by atoms with Gasteiger partial charge >= 0.3 is 0 Å². The van der Waals surface area contributed by atoms with Gasteiger partial charge in [-0.15, -0.1) is 0 Å². The lowest BCUT2D eigenvalue weighted by atomic mass is 9.41. The predicted molar refractivity (Wildman–Crippen MR) is 117 cm³/mol. The average molecular weight is 333 g/mol. The molecule has 0 aliphatic carbocycles. The van der Waals surface area contributed by atoms with Crippen LogP contribution in [0.5, 0.6) is 0 Å². The van der Waals surface area contributed by atoms with Crippen molar-refractivity contribution in [2.24, 2.45) is 0 Å². The average Bonchev–Trinajstić information content (AvgIpc) is 2.57. The quantitative estimate of drug-likeness (QED) is 0.446. The number of anilines is 1. The van der Waals surface area contributed by atoms with Gasteiger partial charge in [-0.25, -0.2) is 0 Å². The van der Waals surface area contributed by atoms with Crippen molar-refractivity contribution in [3.05, 3.63) is 83.5 Å². The van der Waals surface area contributed by atoms with E-state index < -0.39 is 0 Å². The van der Waals surface area contributed by atoms with E-state index >= 15 is 0 Å². The number of benzene rings is 1. The molecule has 25 heavy (non-hydrogen) atoms. The number of hydrogen-bond donors (Lipinski definition) is 0. The van der Waals surface area contributed by atoms with Crippen LogP contribution in [0.25, 0.3) is 0 Å². The summed E-state index contributed by atoms with van der Waals surface area (Å²) >= 11 is 0. The molecule has 1 rings (SSSR count). The molecular formula is C23H32BN. The normalized spacial score (nSPS) is 12.4. The third-order valence-electron chi connectivity index (χ3n) is 4.60. The van der Waals surface area contributed by atoms with Crippen molar-refractivity contribution in [2.45, 2.75) is 41.4 Å². The van der Waals surface area contributed by atoms with Gasteiger partial charge in [0.2, 0.25) is 6.71 Å². The van der Waals surface area contributed by atoms with Gasteiger partial charge in [0.1, 0.15) is 0 Å². The van der Waals surface area contributed by atoms with Crippen LogP contribution in [-0.2, 0) is 0 Å². The highest BCUT2D eigenvalue weighted by Gasteiger charge is 2.19. The van der Waals surface area contributed by atoms with Gasteiger partial charge in [-0.2, -0.15) is 0 Å². The molecule has 0 unspecified atom stereocenters. The first-order valence-electron chi connectivity index (χ1n) is 8.85. The molecule has 0 aromatic heterocycles. The third kappa shape index (κ3) is 5.97. The molecule has 0 radical (unpaired) electrons. The fourth-order valence-electron chi connectivity index (χ4n) is 2.64. The first-order valence-corrected chi connectivity index (χ1v) is 8.85. The van der Waals surface area contributed by atoms with E-state index in [-0.39, 0.29) is 0 Å². The first-order chi connectivity index (χ1) is 11.7. The molecule has 0 fully saturated rings. The Labute approximate surface area is 155 Å². The molecule has 0 heterocycles. The number of aryl methyl sites for hydroxylation is 1. The molecule has 0 bridgehead atoms. The second kappa shape index (κ2) is 9.32. The molecular weight excluding hydrogens is 301 g/mol. The van der Waals surface area contributed by atoms with E-state index in [1.807, 2.05) is 19.1 Å². The molecule has 2 heteroatoms. The van der Waals surface area contributed by atoms with Gasteiger partial charge in [0.25, 0.3) is 0 Å². The van der Waals surface area contributed by atoms with Crippen LogP contribution in [0.2, 0.25) is 6.82 Å². The zero-order valence-electron chi connectivity index (χ0n) is 17.0. The maximum Gasteiger partial charge on any atom is 0.203 e. The maximum atomic E-state index is 4.21. The van der Waals surface area contributed by atoms with Crippen LogP contribution in [0.1, 0.15) is 33.3 Å². The molecule has 0 aliphatic rings. The molecule has 0 saturated carbocycles. The van der Waals surface area contributed by atoms with Crippen LogP contribution >= 0.6 is 0 Å². The standard InChI is InChI=1S/C23H32BN/c1-10-18(4)15-20(6)24(8)22-16-19(5)12-14-23(22)25(9)21(7)13-11-17(2)3/h10-16H,2,7H2,1,3-6,8-9H3/b13-11-,18-10-,20-15+. The van der Waals surface area contributed by atoms with Crippen LogP contribution in [0.15, 0.2) is 78.0 Å². The molecule has 1 nitrogen and oxygen atoms in total. The Morgan fingerprint density at radius 3 is 2.32 bits per heavy atom. The van der Waals surface area contributed by atoms with Crippen molar-refractivity contribution < 1.29 is 0 Å². The van der Waals surface area contributed by atoms with E-state index in [0.717, 1.165) is 11.3 Å². The number of likely N-dealkylation sites (N-methyl/N-ethyl adjacent to an activating group) is 1. The summed E-state index contributed by atoms with van der Waals surface area (Å²) in [5.74, 6) is 0. The van der Waals surface area contributed by atoms with Crippen LogP contribution in [0, 0.1) is 6.92 Å². The molecule has 0 amide bonds. The Bertz CT molecular complexity index is 734. The number of rotatable bonds is 7. The lowest BCUT2D eigenvalue weighted by Gasteiger charge is -2.26. The van der Waals surface area contributed by atoms with Gasteiger partial charge in [-0.3, -0.25) is 0 Å². The van der Waals surface area contributed by atoms with Crippen molar-refractivity contribution in [3.63, 3.8) is 0 Å². The minimum Gasteiger partial charge on any atom is -0.346 e. The van der Waals surface area contributed by atoms with Gasteiger partial charge in [0.05, 0.1) is 0 Å². The van der Waals surface area contributed by atoms with E-state index in [1.54, 1.807) is 0 Å². The topological polar surface area (TPSA) is 3.24 Å². The predicted octanol–water partition coefficient (Wildman–Crippen LogP) is 5.86. The number of allylic oxidation sites excluding steroid dienone is 7. The van der Waals surface area contributed by atoms with E-state index in [4.69, 9.17) is 0 Å². The molecule has 0 aliphatic heterocycles. The largest absolute Gasteiger partial charge is 0.346 e. The number of hydrogen-bond acceptors (Lipinski definition) is 1. The Kier molecular flexibility index (Phi) is 7.76. The van der Waals surface area contributed by atoms with Crippen LogP contribution in [0.3, 0.4) is 0 Å². The van der Waals surface area contributed by atoms with Gasteiger partial charge in [-0.1, -0.05) is 84.9 Å². The van der Waals surface area contributed by atoms with Gasteiger partial charge in [-0.05, 0) is 39.8 Å². The van der Waals surface area contributed by atoms with E-state index in [2.05, 4.69) is 90.0 Å². The maximum absolute atomic E-state index is 4.21. The molecule has 0 atom stereocenters. The molecule has 0 N–H and O–H groups in total. The summed E-state index contributed by atoms with van der Waals surface area (Å²) in [6.07, 6.45) is 8.43. The summed E-state index contributed by atoms with van der Waals surface area (Å²) in [5, 5.41) is 0. The lowest BCUT2D eigenvalue weighted by molar-refractivity contribution is 1.15. The van der Waals surface area contributed by atoms with Gasteiger partial charge in [0, 0.05) is 18.4 Å². The number of nitrogens with zero attached hydrogens (tertiary/aromatic N) is 1. The van der Waals surface area contributed by atoms with Gasteiger partial charge in [0.15, 0.2) is 0 Å². The van der Waals surface area contributed by atoms with Gasteiger partial charge < -0.3 is 4.90 Å². The summed E-state index contributed by atoms with van der Waals surface area (Å²) < 4.78 is 0. The zero-order valence-corrected chi connectivity index (χ0v) is 17.0. The fourth-order valence-corrected chi connectivity index (χ4v) is 2.64. The monoisotopic (exact) mass is 333 g/mol. The summed E-state index contributed by atoms with van der Waals surface area (Å²) in [5.41, 5.74) is 8.42. The van der Waals surface area contributed by atoms with Crippen LogP contribution in [0.4, 0.5) is 5.69 Å². The van der Waals surface area contributed by atoms with Crippen molar-refractivity contribution in [1.29, 1.82) is 0 Å². The second-order valence-electron chi connectivity index (χ2n) is 6.94. The summed E-state index contributed by atoms with van der Waals surface area (Å²) in [4.78, 5) is 2.15. The van der Waals surface area contributed by atoms with Crippen molar-refractivity contribution in [1.82, 2.24) is 0 Å². The third-order valence-corrected chi connectivity index (χ3v) is 4.60. The fraction of sp³-hybridized carbons (Fsp3) is 0.304. The Morgan fingerprint density at radius 2 is 1.76 bits per heavy atom. The van der Waals surface area contributed by atoms with Crippen molar-refractivity contribution >= 4 is 17.9 Å². The van der Waals surface area contributed by atoms with Crippen molar-refractivity contribution in [3.8, 4) is 0 Å². The second-order valence-corrected chi connectivity index (χ2v) is 6.94. The zero-order chi connectivity index (χ0) is 19.1. The Balaban J connectivity index is 3.29. The SMILES string of the molecule is C=C(C)/C=C\C(=C)N(C)c1ccc(C)cc1B(C)/C(C)=C/C(C)=C\C. The summed E-state index contributed by atoms with van der Waals surface area (Å²) in [7, 11) is 2.07. The van der Waals surface area contributed by atoms with Crippen molar-refractivity contribution in [2.75, 3.05) is 11.9 Å².